The van der Waals surface area contributed by atoms with E-state index in [1.54, 1.807) is 6.07 Å². The van der Waals surface area contributed by atoms with Gasteiger partial charge in [0.2, 0.25) is 5.95 Å². The predicted molar refractivity (Wildman–Crippen MR) is 131 cm³/mol. The van der Waals surface area contributed by atoms with Gasteiger partial charge in [-0.15, -0.1) is 0 Å². The molecule has 0 spiro atoms. The topological polar surface area (TPSA) is 93.3 Å². The zero-order valence-electron chi connectivity index (χ0n) is 18.7. The highest BCUT2D eigenvalue weighted by Crippen LogP contribution is 2.27. The minimum absolute atomic E-state index is 0.133. The van der Waals surface area contributed by atoms with E-state index in [0.717, 1.165) is 36.4 Å². The van der Waals surface area contributed by atoms with Crippen LogP contribution in [0.25, 0.3) is 16.7 Å². The Morgan fingerprint density at radius 1 is 0.971 bits per heavy atom. The number of anilines is 1. The fraction of sp³-hybridized carbons (Fsp3) is 0.231. The molecule has 1 aliphatic rings. The third-order valence-corrected chi connectivity index (χ3v) is 6.13. The first-order valence-electron chi connectivity index (χ1n) is 11.4. The summed E-state index contributed by atoms with van der Waals surface area (Å²) in [5, 5.41) is 14.0. The van der Waals surface area contributed by atoms with Crippen molar-refractivity contribution in [3.63, 3.8) is 0 Å². The van der Waals surface area contributed by atoms with E-state index in [1.165, 1.54) is 43.0 Å². The van der Waals surface area contributed by atoms with Gasteiger partial charge >= 0.3 is 0 Å². The molecule has 0 unspecified atom stereocenters. The molecule has 3 aromatic carbocycles. The molecule has 1 aromatic heterocycles. The van der Waals surface area contributed by atoms with Gasteiger partial charge in [0.25, 0.3) is 11.6 Å². The van der Waals surface area contributed by atoms with E-state index in [4.69, 9.17) is 4.98 Å². The number of likely N-dealkylation sites (tertiary alicyclic amines) is 1. The maximum Gasteiger partial charge on any atom is 0.270 e. The number of para-hydroxylation sites is 1. The molecule has 4 aromatic rings. The molecule has 1 amide bonds. The van der Waals surface area contributed by atoms with Gasteiger partial charge in [-0.05, 0) is 61.8 Å². The lowest BCUT2D eigenvalue weighted by Gasteiger charge is -2.26. The Balaban J connectivity index is 1.51. The lowest BCUT2D eigenvalue weighted by Crippen LogP contribution is -2.29. The van der Waals surface area contributed by atoms with E-state index < -0.39 is 10.8 Å². The Morgan fingerprint density at radius 2 is 1.76 bits per heavy atom. The highest BCUT2D eigenvalue weighted by Gasteiger charge is 2.18. The van der Waals surface area contributed by atoms with Crippen LogP contribution in [-0.4, -0.2) is 38.4 Å². The molecule has 0 aliphatic carbocycles. The summed E-state index contributed by atoms with van der Waals surface area (Å²) in [7, 11) is 0. The van der Waals surface area contributed by atoms with Gasteiger partial charge in [0, 0.05) is 29.9 Å². The number of carbonyl (C=O) groups is 1. The molecule has 0 bridgehead atoms. The molecule has 172 valence electrons. The number of hydrogen-bond acceptors (Lipinski definition) is 5. The van der Waals surface area contributed by atoms with Gasteiger partial charge in [-0.25, -0.2) is 4.98 Å². The highest BCUT2D eigenvalue weighted by molar-refractivity contribution is 6.04. The van der Waals surface area contributed by atoms with Gasteiger partial charge in [-0.3, -0.25) is 29.7 Å². The Kier molecular flexibility index (Phi) is 6.05. The molecule has 0 atom stereocenters. The van der Waals surface area contributed by atoms with Crippen LogP contribution in [0.15, 0.2) is 72.8 Å². The number of nitro benzene ring substituents is 1. The van der Waals surface area contributed by atoms with Crippen LogP contribution < -0.4 is 5.32 Å². The van der Waals surface area contributed by atoms with Crippen LogP contribution in [-0.2, 0) is 6.54 Å². The van der Waals surface area contributed by atoms with E-state index in [1.807, 2.05) is 41.0 Å². The Hall–Kier alpha value is -4.04. The molecular formula is C26H25N5O3. The standard InChI is InChI=1S/C26H25N5O3/c32-25(20-8-7-11-22(17-20)31(33)34)28-26-27-23-16-19(18-29-14-5-2-6-15-29)12-13-24(23)30(26)21-9-3-1-4-10-21/h1,3-4,7-13,16-17H,2,5-6,14-15,18H2,(H,27,28,32). The van der Waals surface area contributed by atoms with Crippen LogP contribution in [0.2, 0.25) is 0 Å². The van der Waals surface area contributed by atoms with Crippen molar-refractivity contribution in [2.75, 3.05) is 18.4 Å². The van der Waals surface area contributed by atoms with Crippen molar-refractivity contribution in [1.82, 2.24) is 14.5 Å². The van der Waals surface area contributed by atoms with Crippen LogP contribution >= 0.6 is 0 Å². The second kappa shape index (κ2) is 9.44. The fourth-order valence-electron chi connectivity index (χ4n) is 4.46. The number of nitro groups is 1. The Morgan fingerprint density at radius 3 is 2.53 bits per heavy atom. The van der Waals surface area contributed by atoms with Gasteiger partial charge < -0.3 is 0 Å². The molecule has 5 rings (SSSR count). The number of nitrogens with one attached hydrogen (secondary N) is 1. The molecule has 1 N–H and O–H groups in total. The monoisotopic (exact) mass is 455 g/mol. The number of piperidine rings is 1. The third-order valence-electron chi connectivity index (χ3n) is 6.13. The normalized spacial score (nSPS) is 14.2. The molecule has 1 fully saturated rings. The summed E-state index contributed by atoms with van der Waals surface area (Å²) in [6.07, 6.45) is 3.77. The van der Waals surface area contributed by atoms with Crippen LogP contribution in [0.3, 0.4) is 0 Å². The molecule has 1 saturated heterocycles. The summed E-state index contributed by atoms with van der Waals surface area (Å²) < 4.78 is 1.90. The zero-order valence-corrected chi connectivity index (χ0v) is 18.7. The number of rotatable bonds is 6. The maximum absolute atomic E-state index is 13.0. The molecule has 1 aliphatic heterocycles. The second-order valence-corrected chi connectivity index (χ2v) is 8.53. The summed E-state index contributed by atoms with van der Waals surface area (Å²) in [5.41, 5.74) is 3.78. The first kappa shape index (κ1) is 21.8. The first-order chi connectivity index (χ1) is 16.6. The van der Waals surface area contributed by atoms with Gasteiger partial charge in [-0.1, -0.05) is 36.8 Å². The average Bonchev–Trinajstić information content (AvgIpc) is 3.22. The number of benzene rings is 3. The number of aromatic nitrogens is 2. The molecule has 0 radical (unpaired) electrons. The highest BCUT2D eigenvalue weighted by atomic mass is 16.6. The lowest BCUT2D eigenvalue weighted by atomic mass is 10.1. The fourth-order valence-corrected chi connectivity index (χ4v) is 4.46. The Bertz CT molecular complexity index is 1340. The number of hydrogen-bond donors (Lipinski definition) is 1. The van der Waals surface area contributed by atoms with Gasteiger partial charge in [0.1, 0.15) is 0 Å². The van der Waals surface area contributed by atoms with E-state index >= 15 is 0 Å². The molecule has 2 heterocycles. The number of non-ortho nitro benzene ring substituents is 1. The van der Waals surface area contributed by atoms with Crippen molar-refractivity contribution in [2.24, 2.45) is 0 Å². The van der Waals surface area contributed by atoms with Crippen molar-refractivity contribution in [2.45, 2.75) is 25.8 Å². The van der Waals surface area contributed by atoms with E-state index in [2.05, 4.69) is 22.3 Å². The number of nitrogens with zero attached hydrogens (tertiary/aromatic N) is 4. The van der Waals surface area contributed by atoms with Crippen LogP contribution in [0.1, 0.15) is 35.2 Å². The van der Waals surface area contributed by atoms with Crippen molar-refractivity contribution in [1.29, 1.82) is 0 Å². The molecule has 34 heavy (non-hydrogen) atoms. The van der Waals surface area contributed by atoms with Crippen molar-refractivity contribution in [3.05, 3.63) is 94.0 Å². The largest absolute Gasteiger partial charge is 0.299 e. The summed E-state index contributed by atoms with van der Waals surface area (Å²) in [6, 6.07) is 21.6. The maximum atomic E-state index is 13.0. The number of fused-ring (bicyclic) bond motifs is 1. The van der Waals surface area contributed by atoms with Crippen molar-refractivity contribution in [3.8, 4) is 5.69 Å². The number of amides is 1. The molecule has 0 saturated carbocycles. The van der Waals surface area contributed by atoms with E-state index in [-0.39, 0.29) is 11.3 Å². The van der Waals surface area contributed by atoms with Crippen LogP contribution in [0.5, 0.6) is 0 Å². The average molecular weight is 456 g/mol. The van der Waals surface area contributed by atoms with Crippen molar-refractivity contribution >= 4 is 28.6 Å². The molecule has 8 heteroatoms. The van der Waals surface area contributed by atoms with Gasteiger partial charge in [-0.2, -0.15) is 0 Å². The summed E-state index contributed by atoms with van der Waals surface area (Å²) >= 11 is 0. The minimum atomic E-state index is -0.514. The van der Waals surface area contributed by atoms with Crippen molar-refractivity contribution < 1.29 is 9.72 Å². The number of imidazole rings is 1. The van der Waals surface area contributed by atoms with E-state index in [9.17, 15) is 14.9 Å². The first-order valence-corrected chi connectivity index (χ1v) is 11.4. The minimum Gasteiger partial charge on any atom is -0.299 e. The van der Waals surface area contributed by atoms with Gasteiger partial charge in [0.15, 0.2) is 0 Å². The van der Waals surface area contributed by atoms with Gasteiger partial charge in [0.05, 0.1) is 16.0 Å². The van der Waals surface area contributed by atoms with E-state index in [0.29, 0.717) is 5.95 Å². The lowest BCUT2D eigenvalue weighted by molar-refractivity contribution is -0.384. The SMILES string of the molecule is O=C(Nc1nc2cc(CN3CCCCC3)ccc2n1-c1ccccc1)c1cccc([N+](=O)[O-])c1. The predicted octanol–water partition coefficient (Wildman–Crippen LogP) is 5.17. The Labute approximate surface area is 197 Å². The van der Waals surface area contributed by atoms with Crippen LogP contribution in [0, 0.1) is 10.1 Å². The smallest absolute Gasteiger partial charge is 0.270 e. The quantitative estimate of drug-likeness (QED) is 0.320. The number of carbonyl (C=O) groups excluding carboxylic acids is 1. The summed E-state index contributed by atoms with van der Waals surface area (Å²) in [4.78, 5) is 30.8. The van der Waals surface area contributed by atoms with Crippen LogP contribution in [0.4, 0.5) is 11.6 Å². The molecule has 8 nitrogen and oxygen atoms in total. The molecular weight excluding hydrogens is 430 g/mol. The second-order valence-electron chi connectivity index (χ2n) is 8.53. The summed E-state index contributed by atoms with van der Waals surface area (Å²) in [6.45, 7) is 3.10. The third kappa shape index (κ3) is 4.53. The summed E-state index contributed by atoms with van der Waals surface area (Å²) in [5.74, 6) is -0.0856. The zero-order chi connectivity index (χ0) is 23.5.